The van der Waals surface area contributed by atoms with Crippen molar-refractivity contribution in [2.45, 2.75) is 31.6 Å². The van der Waals surface area contributed by atoms with Gasteiger partial charge in [-0.05, 0) is 37.5 Å². The van der Waals surface area contributed by atoms with Crippen molar-refractivity contribution in [3.63, 3.8) is 0 Å². The van der Waals surface area contributed by atoms with Crippen LogP contribution in [0.3, 0.4) is 0 Å². The average molecular weight is 230 g/mol. The second kappa shape index (κ2) is 3.32. The van der Waals surface area contributed by atoms with Gasteiger partial charge in [0, 0.05) is 12.4 Å². The van der Waals surface area contributed by atoms with E-state index in [9.17, 15) is 9.90 Å². The number of aryl methyl sites for hydroxylation is 1. The lowest BCUT2D eigenvalue weighted by Crippen LogP contribution is -2.42. The molecule has 0 saturated heterocycles. The summed E-state index contributed by atoms with van der Waals surface area (Å²) in [7, 11) is 0. The molecule has 1 N–H and O–H groups in total. The number of hydrogen-bond donors (Lipinski definition) is 1. The zero-order valence-corrected chi connectivity index (χ0v) is 9.68. The second-order valence-corrected chi connectivity index (χ2v) is 4.84. The van der Waals surface area contributed by atoms with Gasteiger partial charge in [0.2, 0.25) is 0 Å². The number of nitrogens with zero attached hydrogens (tertiary/aromatic N) is 2. The van der Waals surface area contributed by atoms with Crippen molar-refractivity contribution in [3.8, 4) is 0 Å². The van der Waals surface area contributed by atoms with Crippen LogP contribution in [0.2, 0.25) is 0 Å². The van der Waals surface area contributed by atoms with Crippen LogP contribution in [0, 0.1) is 6.92 Å². The maximum absolute atomic E-state index is 11.4. The number of aromatic nitrogens is 2. The largest absolute Gasteiger partial charge is 0.481 e. The maximum atomic E-state index is 11.4. The zero-order valence-electron chi connectivity index (χ0n) is 9.68. The molecule has 0 aromatic carbocycles. The van der Waals surface area contributed by atoms with Gasteiger partial charge in [-0.15, -0.1) is 0 Å². The summed E-state index contributed by atoms with van der Waals surface area (Å²) < 4.78 is 1.89. The van der Waals surface area contributed by atoms with Crippen LogP contribution in [0.5, 0.6) is 0 Å². The van der Waals surface area contributed by atoms with Gasteiger partial charge in [-0.25, -0.2) is 4.98 Å². The van der Waals surface area contributed by atoms with Gasteiger partial charge in [0.25, 0.3) is 0 Å². The van der Waals surface area contributed by atoms with E-state index in [0.717, 1.165) is 17.6 Å². The molecule has 0 unspecified atom stereocenters. The van der Waals surface area contributed by atoms with Crippen molar-refractivity contribution in [3.05, 3.63) is 35.8 Å². The molecule has 1 aliphatic carbocycles. The maximum Gasteiger partial charge on any atom is 0.315 e. The van der Waals surface area contributed by atoms with Crippen LogP contribution in [0.25, 0.3) is 5.65 Å². The molecule has 3 rings (SSSR count). The van der Waals surface area contributed by atoms with Gasteiger partial charge in [0.15, 0.2) is 0 Å². The van der Waals surface area contributed by atoms with Crippen LogP contribution in [0.15, 0.2) is 24.5 Å². The number of carboxylic acid groups (broad SMARTS) is 1. The van der Waals surface area contributed by atoms with E-state index in [2.05, 4.69) is 4.98 Å². The van der Waals surface area contributed by atoms with Crippen molar-refractivity contribution in [1.82, 2.24) is 9.38 Å². The number of carboxylic acids is 1. The zero-order chi connectivity index (χ0) is 12.0. The van der Waals surface area contributed by atoms with Crippen molar-refractivity contribution < 1.29 is 9.90 Å². The van der Waals surface area contributed by atoms with E-state index >= 15 is 0 Å². The minimum Gasteiger partial charge on any atom is -0.481 e. The Labute approximate surface area is 98.9 Å². The molecule has 88 valence electrons. The van der Waals surface area contributed by atoms with E-state index in [1.54, 1.807) is 0 Å². The highest BCUT2D eigenvalue weighted by Crippen LogP contribution is 2.43. The van der Waals surface area contributed by atoms with Crippen molar-refractivity contribution in [2.75, 3.05) is 0 Å². The Bertz CT molecular complexity index is 596. The lowest BCUT2D eigenvalue weighted by molar-refractivity contribution is -0.147. The SMILES string of the molecule is Cc1ccn2cc(C3(C(=O)O)CCC3)nc2c1. The number of carbonyl (C=O) groups is 1. The molecule has 1 aliphatic rings. The smallest absolute Gasteiger partial charge is 0.315 e. The first-order valence-electron chi connectivity index (χ1n) is 5.81. The number of aliphatic carboxylic acids is 1. The molecule has 2 heterocycles. The number of pyridine rings is 1. The van der Waals surface area contributed by atoms with Gasteiger partial charge in [0.1, 0.15) is 11.1 Å². The van der Waals surface area contributed by atoms with Crippen LogP contribution < -0.4 is 0 Å². The fourth-order valence-electron chi connectivity index (χ4n) is 2.42. The normalized spacial score (nSPS) is 17.9. The van der Waals surface area contributed by atoms with Crippen molar-refractivity contribution in [1.29, 1.82) is 0 Å². The van der Waals surface area contributed by atoms with E-state index in [4.69, 9.17) is 0 Å². The van der Waals surface area contributed by atoms with E-state index in [-0.39, 0.29) is 0 Å². The summed E-state index contributed by atoms with van der Waals surface area (Å²) in [5.74, 6) is -0.746. The Hall–Kier alpha value is -1.84. The molecule has 0 radical (unpaired) electrons. The van der Waals surface area contributed by atoms with Crippen LogP contribution in [-0.2, 0) is 10.2 Å². The first-order valence-corrected chi connectivity index (χ1v) is 5.81. The summed E-state index contributed by atoms with van der Waals surface area (Å²) in [6, 6.07) is 3.96. The third-order valence-corrected chi connectivity index (χ3v) is 3.72. The molecule has 2 aromatic heterocycles. The predicted molar refractivity (Wildman–Crippen MR) is 63.1 cm³/mol. The number of imidazole rings is 1. The molecule has 17 heavy (non-hydrogen) atoms. The lowest BCUT2D eigenvalue weighted by Gasteiger charge is -2.35. The molecular formula is C13H14N2O2. The van der Waals surface area contributed by atoms with E-state index in [1.807, 2.05) is 35.9 Å². The monoisotopic (exact) mass is 230 g/mol. The van der Waals surface area contributed by atoms with Crippen LogP contribution in [0.1, 0.15) is 30.5 Å². The minimum absolute atomic E-state index is 0.696. The molecule has 4 heteroatoms. The Balaban J connectivity index is 2.14. The fourth-order valence-corrected chi connectivity index (χ4v) is 2.42. The van der Waals surface area contributed by atoms with Crippen LogP contribution >= 0.6 is 0 Å². The van der Waals surface area contributed by atoms with E-state index < -0.39 is 11.4 Å². The first kappa shape index (κ1) is 10.3. The van der Waals surface area contributed by atoms with Gasteiger partial charge in [-0.1, -0.05) is 6.42 Å². The molecular weight excluding hydrogens is 216 g/mol. The summed E-state index contributed by atoms with van der Waals surface area (Å²) in [5, 5.41) is 9.37. The van der Waals surface area contributed by atoms with Crippen molar-refractivity contribution in [2.24, 2.45) is 0 Å². The summed E-state index contributed by atoms with van der Waals surface area (Å²) in [6.07, 6.45) is 6.15. The van der Waals surface area contributed by atoms with Gasteiger partial charge in [-0.2, -0.15) is 0 Å². The number of rotatable bonds is 2. The van der Waals surface area contributed by atoms with Gasteiger partial charge < -0.3 is 9.51 Å². The standard InChI is InChI=1S/C13H14N2O2/c1-9-3-6-15-8-10(14-11(15)7-9)13(12(16)17)4-2-5-13/h3,6-8H,2,4-5H2,1H3,(H,16,17). The first-order chi connectivity index (χ1) is 8.12. The van der Waals surface area contributed by atoms with Crippen molar-refractivity contribution >= 4 is 11.6 Å². The molecule has 1 fully saturated rings. The topological polar surface area (TPSA) is 54.6 Å². The van der Waals surface area contributed by atoms with Crippen LogP contribution in [0.4, 0.5) is 0 Å². The highest BCUT2D eigenvalue weighted by molar-refractivity contribution is 5.82. The Morgan fingerprint density at radius 3 is 2.88 bits per heavy atom. The second-order valence-electron chi connectivity index (χ2n) is 4.84. The third-order valence-electron chi connectivity index (χ3n) is 3.72. The van der Waals surface area contributed by atoms with E-state index in [0.29, 0.717) is 18.5 Å². The number of fused-ring (bicyclic) bond motifs is 1. The molecule has 0 atom stereocenters. The van der Waals surface area contributed by atoms with Gasteiger partial charge >= 0.3 is 5.97 Å². The average Bonchev–Trinajstić information content (AvgIpc) is 2.57. The Kier molecular flexibility index (Phi) is 2.02. The third kappa shape index (κ3) is 1.37. The Morgan fingerprint density at radius 2 is 2.29 bits per heavy atom. The van der Waals surface area contributed by atoms with Gasteiger partial charge in [-0.3, -0.25) is 4.79 Å². The number of hydrogen-bond acceptors (Lipinski definition) is 2. The predicted octanol–water partition coefficient (Wildman–Crippen LogP) is 2.15. The molecule has 2 aromatic rings. The summed E-state index contributed by atoms with van der Waals surface area (Å²) in [6.45, 7) is 2.00. The van der Waals surface area contributed by atoms with Crippen LogP contribution in [-0.4, -0.2) is 20.5 Å². The summed E-state index contributed by atoms with van der Waals surface area (Å²) in [5.41, 5.74) is 1.92. The highest BCUT2D eigenvalue weighted by Gasteiger charge is 2.47. The Morgan fingerprint density at radius 1 is 1.53 bits per heavy atom. The summed E-state index contributed by atoms with van der Waals surface area (Å²) in [4.78, 5) is 15.9. The highest BCUT2D eigenvalue weighted by atomic mass is 16.4. The molecule has 4 nitrogen and oxygen atoms in total. The molecule has 1 saturated carbocycles. The molecule has 0 aliphatic heterocycles. The quantitative estimate of drug-likeness (QED) is 0.860. The molecule has 0 spiro atoms. The molecule has 0 amide bonds. The lowest BCUT2D eigenvalue weighted by atomic mass is 9.67. The fraction of sp³-hybridized carbons (Fsp3) is 0.385. The molecule has 0 bridgehead atoms. The summed E-state index contributed by atoms with van der Waals surface area (Å²) >= 11 is 0. The van der Waals surface area contributed by atoms with Gasteiger partial charge in [0.05, 0.1) is 5.69 Å². The minimum atomic E-state index is -0.746. The van der Waals surface area contributed by atoms with E-state index in [1.165, 1.54) is 0 Å².